The molecule has 0 bridgehead atoms. The summed E-state index contributed by atoms with van der Waals surface area (Å²) in [5, 5.41) is 1.14. The third-order valence-corrected chi connectivity index (χ3v) is 3.25. The molecule has 21 heavy (non-hydrogen) atoms. The number of benzene rings is 1. The monoisotopic (exact) mass is 288 g/mol. The molecule has 3 nitrogen and oxygen atoms in total. The number of fused-ring (bicyclic) bond motifs is 1. The van der Waals surface area contributed by atoms with Crippen molar-refractivity contribution in [2.24, 2.45) is 0 Å². The third-order valence-electron chi connectivity index (χ3n) is 3.25. The van der Waals surface area contributed by atoms with Crippen molar-refractivity contribution in [1.29, 1.82) is 0 Å². The highest BCUT2D eigenvalue weighted by molar-refractivity contribution is 5.90. The van der Waals surface area contributed by atoms with Gasteiger partial charge in [0.1, 0.15) is 12.4 Å². The van der Waals surface area contributed by atoms with E-state index in [1.807, 2.05) is 34.9 Å². The molecule has 0 N–H and O–H groups in total. The van der Waals surface area contributed by atoms with E-state index >= 15 is 0 Å². The number of aryl methyl sites for hydroxylation is 3. The average Bonchev–Trinajstić information content (AvgIpc) is 2.43. The zero-order valence-corrected chi connectivity index (χ0v) is 14.4. The molecule has 0 atom stereocenters. The molecule has 116 valence electrons. The van der Waals surface area contributed by atoms with Crippen LogP contribution in [0.5, 0.6) is 5.75 Å². The quantitative estimate of drug-likeness (QED) is 0.846. The number of hydrogen-bond acceptors (Lipinski definition) is 3. The highest BCUT2D eigenvalue weighted by atomic mass is 16.5. The first-order valence-corrected chi connectivity index (χ1v) is 7.64. The summed E-state index contributed by atoms with van der Waals surface area (Å²) in [6, 6.07) is 6.25. The fraction of sp³-hybridized carbons (Fsp3) is 0.500. The van der Waals surface area contributed by atoms with Gasteiger partial charge in [0.25, 0.3) is 0 Å². The van der Waals surface area contributed by atoms with Crippen LogP contribution >= 0.6 is 0 Å². The first-order chi connectivity index (χ1) is 9.99. The zero-order valence-electron chi connectivity index (χ0n) is 14.4. The van der Waals surface area contributed by atoms with Crippen molar-refractivity contribution in [3.63, 3.8) is 0 Å². The van der Waals surface area contributed by atoms with Gasteiger partial charge in [-0.2, -0.15) is 0 Å². The van der Waals surface area contributed by atoms with E-state index in [4.69, 9.17) is 4.74 Å². The molecule has 0 fully saturated rings. The molecular formula is C18H28N2O. The lowest BCUT2D eigenvalue weighted by Gasteiger charge is -2.15. The number of nitrogens with zero attached hydrogens (tertiary/aromatic N) is 2. The Morgan fingerprint density at radius 3 is 2.33 bits per heavy atom. The van der Waals surface area contributed by atoms with Crippen LogP contribution in [0.1, 0.15) is 30.7 Å². The van der Waals surface area contributed by atoms with Gasteiger partial charge in [0, 0.05) is 17.6 Å². The van der Waals surface area contributed by atoms with Crippen LogP contribution in [0.15, 0.2) is 18.2 Å². The summed E-state index contributed by atoms with van der Waals surface area (Å²) >= 11 is 0. The van der Waals surface area contributed by atoms with Gasteiger partial charge in [-0.15, -0.1) is 0 Å². The number of pyridine rings is 1. The molecule has 1 aromatic carbocycles. The first-order valence-electron chi connectivity index (χ1n) is 7.64. The minimum atomic E-state index is 0.693. The van der Waals surface area contributed by atoms with Crippen LogP contribution in [0.2, 0.25) is 0 Å². The maximum Gasteiger partial charge on any atom is 0.129 e. The highest BCUT2D eigenvalue weighted by Gasteiger charge is 2.09. The summed E-state index contributed by atoms with van der Waals surface area (Å²) in [5.74, 6) is 0.937. The van der Waals surface area contributed by atoms with Gasteiger partial charge in [-0.05, 0) is 58.1 Å². The zero-order chi connectivity index (χ0) is 16.0. The van der Waals surface area contributed by atoms with Crippen LogP contribution in [0.25, 0.3) is 10.9 Å². The highest BCUT2D eigenvalue weighted by Crippen LogP contribution is 2.30. The maximum atomic E-state index is 5.92. The molecule has 2 rings (SSSR count). The van der Waals surface area contributed by atoms with E-state index in [1.54, 1.807) is 0 Å². The van der Waals surface area contributed by atoms with E-state index in [9.17, 15) is 0 Å². The van der Waals surface area contributed by atoms with Gasteiger partial charge in [-0.3, -0.25) is 4.98 Å². The lowest BCUT2D eigenvalue weighted by atomic mass is 10.0. The Balaban J connectivity index is 0.00000106. The van der Waals surface area contributed by atoms with Crippen LogP contribution < -0.4 is 4.74 Å². The fourth-order valence-electron chi connectivity index (χ4n) is 2.25. The summed E-state index contributed by atoms with van der Waals surface area (Å²) in [7, 11) is 4.10. The molecule has 3 heteroatoms. The third kappa shape index (κ3) is 4.43. The SMILES string of the molecule is CC.Cc1cc(C)c2c(OCCN(C)C)ccc(C)c2n1. The number of likely N-dealkylation sites (N-methyl/N-ethyl adjacent to an activating group) is 1. The van der Waals surface area contributed by atoms with E-state index in [0.717, 1.165) is 28.9 Å². The maximum absolute atomic E-state index is 5.92. The Morgan fingerprint density at radius 2 is 1.71 bits per heavy atom. The molecule has 0 spiro atoms. The van der Waals surface area contributed by atoms with Gasteiger partial charge in [0.05, 0.1) is 5.52 Å². The Labute approximate surface area is 128 Å². The van der Waals surface area contributed by atoms with E-state index in [2.05, 4.69) is 41.9 Å². The second-order valence-electron chi connectivity index (χ2n) is 5.34. The Kier molecular flexibility index (Phi) is 6.63. The van der Waals surface area contributed by atoms with Crippen LogP contribution in [0.3, 0.4) is 0 Å². The second kappa shape index (κ2) is 7.99. The van der Waals surface area contributed by atoms with Gasteiger partial charge in [-0.25, -0.2) is 0 Å². The van der Waals surface area contributed by atoms with Crippen molar-refractivity contribution >= 4 is 10.9 Å². The van der Waals surface area contributed by atoms with E-state index in [1.165, 1.54) is 11.1 Å². The summed E-state index contributed by atoms with van der Waals surface area (Å²) in [4.78, 5) is 6.77. The number of ether oxygens (including phenoxy) is 1. The average molecular weight is 288 g/mol. The molecule has 0 radical (unpaired) electrons. The van der Waals surface area contributed by atoms with E-state index in [-0.39, 0.29) is 0 Å². The molecule has 0 saturated heterocycles. The Morgan fingerprint density at radius 1 is 1.05 bits per heavy atom. The van der Waals surface area contributed by atoms with Crippen molar-refractivity contribution < 1.29 is 4.74 Å². The normalized spacial score (nSPS) is 10.5. The number of aromatic nitrogens is 1. The standard InChI is InChI=1S/C16H22N2O.C2H6/c1-11-6-7-14(19-9-8-18(4)5)15-12(2)10-13(3)17-16(11)15;1-2/h6-7,10H,8-9H2,1-5H3;1-2H3. The van der Waals surface area contributed by atoms with Crippen molar-refractivity contribution in [3.8, 4) is 5.75 Å². The Hall–Kier alpha value is -1.61. The molecule has 0 saturated carbocycles. The van der Waals surface area contributed by atoms with Crippen molar-refractivity contribution in [3.05, 3.63) is 35.0 Å². The van der Waals surface area contributed by atoms with Gasteiger partial charge in [-0.1, -0.05) is 19.9 Å². The molecule has 1 heterocycles. The van der Waals surface area contributed by atoms with Crippen molar-refractivity contribution in [2.45, 2.75) is 34.6 Å². The molecule has 2 aromatic rings. The fourth-order valence-corrected chi connectivity index (χ4v) is 2.25. The van der Waals surface area contributed by atoms with Gasteiger partial charge in [0.2, 0.25) is 0 Å². The minimum Gasteiger partial charge on any atom is -0.492 e. The first kappa shape index (κ1) is 17.4. The Bertz CT molecular complexity index is 591. The van der Waals surface area contributed by atoms with Crippen LogP contribution in [0, 0.1) is 20.8 Å². The largest absolute Gasteiger partial charge is 0.492 e. The van der Waals surface area contributed by atoms with Crippen molar-refractivity contribution in [2.75, 3.05) is 27.2 Å². The summed E-state index contributed by atoms with van der Waals surface area (Å²) in [6.07, 6.45) is 0. The smallest absolute Gasteiger partial charge is 0.129 e. The second-order valence-corrected chi connectivity index (χ2v) is 5.34. The van der Waals surface area contributed by atoms with Gasteiger partial charge in [0.15, 0.2) is 0 Å². The number of rotatable bonds is 4. The van der Waals surface area contributed by atoms with Crippen LogP contribution in [-0.4, -0.2) is 37.1 Å². The molecule has 1 aromatic heterocycles. The number of hydrogen-bond donors (Lipinski definition) is 0. The van der Waals surface area contributed by atoms with Crippen molar-refractivity contribution in [1.82, 2.24) is 9.88 Å². The summed E-state index contributed by atoms with van der Waals surface area (Å²) in [5.41, 5.74) is 4.53. The van der Waals surface area contributed by atoms with Crippen LogP contribution in [-0.2, 0) is 0 Å². The molecular weight excluding hydrogens is 260 g/mol. The van der Waals surface area contributed by atoms with Crippen LogP contribution in [0.4, 0.5) is 0 Å². The molecule has 0 amide bonds. The predicted octanol–water partition coefficient (Wildman–Crippen LogP) is 4.13. The molecule has 0 aliphatic carbocycles. The topological polar surface area (TPSA) is 25.4 Å². The van der Waals surface area contributed by atoms with E-state index < -0.39 is 0 Å². The van der Waals surface area contributed by atoms with Gasteiger partial charge < -0.3 is 9.64 Å². The molecule has 0 unspecified atom stereocenters. The lowest BCUT2D eigenvalue weighted by molar-refractivity contribution is 0.263. The molecule has 0 aliphatic rings. The van der Waals surface area contributed by atoms with Gasteiger partial charge >= 0.3 is 0 Å². The predicted molar refractivity (Wildman–Crippen MR) is 91.4 cm³/mol. The van der Waals surface area contributed by atoms with E-state index in [0.29, 0.717) is 6.61 Å². The minimum absolute atomic E-state index is 0.693. The lowest BCUT2D eigenvalue weighted by Crippen LogP contribution is -2.19. The summed E-state index contributed by atoms with van der Waals surface area (Å²) in [6.45, 7) is 11.9. The summed E-state index contributed by atoms with van der Waals surface area (Å²) < 4.78 is 5.92. The molecule has 0 aliphatic heterocycles.